The minimum Gasteiger partial charge on any atom is -0.325 e. The first kappa shape index (κ1) is 14.8. The molecule has 0 spiro atoms. The van der Waals surface area contributed by atoms with Crippen molar-refractivity contribution in [3.63, 3.8) is 0 Å². The van der Waals surface area contributed by atoms with Crippen molar-refractivity contribution in [2.75, 3.05) is 31.5 Å². The lowest BCUT2D eigenvalue weighted by Gasteiger charge is -2.36. The van der Waals surface area contributed by atoms with Crippen molar-refractivity contribution >= 4 is 23.2 Å². The molecule has 114 valence electrons. The van der Waals surface area contributed by atoms with Gasteiger partial charge in [0.1, 0.15) is 0 Å². The molecular weight excluding hydrogens is 286 g/mol. The SMILES string of the molecule is Cc1ccc(NC(=O)CN2CCCC3CNCC32)cc1Cl. The normalized spacial score (nSPS) is 25.6. The molecular formula is C16H22ClN3O. The van der Waals surface area contributed by atoms with E-state index in [0.29, 0.717) is 23.5 Å². The Kier molecular flexibility index (Phi) is 4.48. The quantitative estimate of drug-likeness (QED) is 0.900. The van der Waals surface area contributed by atoms with Crippen molar-refractivity contribution in [3.05, 3.63) is 28.8 Å². The van der Waals surface area contributed by atoms with Crippen molar-refractivity contribution in [3.8, 4) is 0 Å². The van der Waals surface area contributed by atoms with Gasteiger partial charge in [-0.3, -0.25) is 9.69 Å². The first-order chi connectivity index (χ1) is 10.1. The maximum absolute atomic E-state index is 12.2. The van der Waals surface area contributed by atoms with Crippen molar-refractivity contribution in [1.29, 1.82) is 0 Å². The van der Waals surface area contributed by atoms with Crippen LogP contribution in [0.4, 0.5) is 5.69 Å². The summed E-state index contributed by atoms with van der Waals surface area (Å²) >= 11 is 6.09. The molecule has 2 atom stereocenters. The van der Waals surface area contributed by atoms with Crippen LogP contribution >= 0.6 is 11.6 Å². The number of hydrogen-bond acceptors (Lipinski definition) is 3. The summed E-state index contributed by atoms with van der Waals surface area (Å²) in [6, 6.07) is 6.15. The van der Waals surface area contributed by atoms with Gasteiger partial charge >= 0.3 is 0 Å². The molecule has 2 heterocycles. The highest BCUT2D eigenvalue weighted by Gasteiger charge is 2.35. The molecule has 1 amide bonds. The highest BCUT2D eigenvalue weighted by atomic mass is 35.5. The van der Waals surface area contributed by atoms with Crippen molar-refractivity contribution in [2.24, 2.45) is 5.92 Å². The molecule has 21 heavy (non-hydrogen) atoms. The molecule has 2 unspecified atom stereocenters. The molecule has 2 saturated heterocycles. The number of fused-ring (bicyclic) bond motifs is 1. The molecule has 2 aliphatic heterocycles. The molecule has 2 N–H and O–H groups in total. The number of amides is 1. The fraction of sp³-hybridized carbons (Fsp3) is 0.562. The largest absolute Gasteiger partial charge is 0.325 e. The molecule has 1 aromatic rings. The Labute approximate surface area is 130 Å². The summed E-state index contributed by atoms with van der Waals surface area (Å²) in [5, 5.41) is 7.08. The Bertz CT molecular complexity index is 534. The lowest BCUT2D eigenvalue weighted by atomic mass is 9.92. The first-order valence-corrected chi connectivity index (χ1v) is 8.02. The highest BCUT2D eigenvalue weighted by Crippen LogP contribution is 2.26. The zero-order valence-corrected chi connectivity index (χ0v) is 13.1. The molecule has 2 aliphatic rings. The van der Waals surface area contributed by atoms with Gasteiger partial charge in [-0.1, -0.05) is 17.7 Å². The number of anilines is 1. The average Bonchev–Trinajstić information content (AvgIpc) is 2.92. The predicted octanol–water partition coefficient (Wildman–Crippen LogP) is 2.27. The van der Waals surface area contributed by atoms with Gasteiger partial charge in [-0.05, 0) is 56.5 Å². The van der Waals surface area contributed by atoms with E-state index < -0.39 is 0 Å². The van der Waals surface area contributed by atoms with Crippen LogP contribution in [-0.2, 0) is 4.79 Å². The zero-order valence-electron chi connectivity index (χ0n) is 12.4. The Morgan fingerprint density at radius 1 is 1.48 bits per heavy atom. The number of likely N-dealkylation sites (tertiary alicyclic amines) is 1. The lowest BCUT2D eigenvalue weighted by Crippen LogP contribution is -2.48. The third kappa shape index (κ3) is 3.39. The van der Waals surface area contributed by atoms with E-state index in [1.807, 2.05) is 25.1 Å². The maximum Gasteiger partial charge on any atom is 0.238 e. The van der Waals surface area contributed by atoms with Crippen LogP contribution < -0.4 is 10.6 Å². The molecule has 3 rings (SSSR count). The molecule has 0 bridgehead atoms. The summed E-state index contributed by atoms with van der Waals surface area (Å²) in [6.45, 7) is 5.54. The summed E-state index contributed by atoms with van der Waals surface area (Å²) in [7, 11) is 0. The fourth-order valence-electron chi connectivity index (χ4n) is 3.42. The van der Waals surface area contributed by atoms with Crippen LogP contribution in [0.2, 0.25) is 5.02 Å². The molecule has 4 nitrogen and oxygen atoms in total. The Morgan fingerprint density at radius 3 is 3.14 bits per heavy atom. The number of piperidine rings is 1. The molecule has 0 radical (unpaired) electrons. The van der Waals surface area contributed by atoms with E-state index in [9.17, 15) is 4.79 Å². The van der Waals surface area contributed by atoms with Gasteiger partial charge in [-0.25, -0.2) is 0 Å². The van der Waals surface area contributed by atoms with Crippen LogP contribution in [0.5, 0.6) is 0 Å². The fourth-order valence-corrected chi connectivity index (χ4v) is 3.60. The number of rotatable bonds is 3. The number of hydrogen-bond donors (Lipinski definition) is 2. The van der Waals surface area contributed by atoms with E-state index in [0.717, 1.165) is 30.9 Å². The van der Waals surface area contributed by atoms with Gasteiger partial charge in [0, 0.05) is 23.3 Å². The lowest BCUT2D eigenvalue weighted by molar-refractivity contribution is -0.118. The van der Waals surface area contributed by atoms with Gasteiger partial charge < -0.3 is 10.6 Å². The minimum absolute atomic E-state index is 0.0440. The monoisotopic (exact) mass is 307 g/mol. The number of carbonyl (C=O) groups is 1. The molecule has 0 aromatic heterocycles. The highest BCUT2D eigenvalue weighted by molar-refractivity contribution is 6.31. The Balaban J connectivity index is 1.59. The number of carbonyl (C=O) groups excluding carboxylic acids is 1. The van der Waals surface area contributed by atoms with Gasteiger partial charge in [0.05, 0.1) is 6.54 Å². The first-order valence-electron chi connectivity index (χ1n) is 7.64. The number of nitrogens with one attached hydrogen (secondary N) is 2. The summed E-state index contributed by atoms with van der Waals surface area (Å²) in [5.41, 5.74) is 1.79. The van der Waals surface area contributed by atoms with Gasteiger partial charge in [-0.2, -0.15) is 0 Å². The van der Waals surface area contributed by atoms with Crippen LogP contribution in [0, 0.1) is 12.8 Å². The third-order valence-electron chi connectivity index (χ3n) is 4.60. The van der Waals surface area contributed by atoms with Gasteiger partial charge in [0.25, 0.3) is 0 Å². The van der Waals surface area contributed by atoms with Crippen LogP contribution in [0.1, 0.15) is 18.4 Å². The van der Waals surface area contributed by atoms with Gasteiger partial charge in [0.2, 0.25) is 5.91 Å². The zero-order chi connectivity index (χ0) is 14.8. The number of benzene rings is 1. The average molecular weight is 308 g/mol. The second-order valence-electron chi connectivity index (χ2n) is 6.11. The van der Waals surface area contributed by atoms with E-state index in [-0.39, 0.29) is 5.91 Å². The standard InChI is InChI=1S/C16H22ClN3O/c1-11-4-5-13(7-14(11)17)19-16(21)10-20-6-2-3-12-8-18-9-15(12)20/h4-5,7,12,15,18H,2-3,6,8-10H2,1H3,(H,19,21). The van der Waals surface area contributed by atoms with E-state index in [1.54, 1.807) is 0 Å². The predicted molar refractivity (Wildman–Crippen MR) is 85.8 cm³/mol. The van der Waals surface area contributed by atoms with E-state index in [2.05, 4.69) is 15.5 Å². The summed E-state index contributed by atoms with van der Waals surface area (Å²) < 4.78 is 0. The smallest absolute Gasteiger partial charge is 0.238 e. The second kappa shape index (κ2) is 6.34. The van der Waals surface area contributed by atoms with Gasteiger partial charge in [0.15, 0.2) is 0 Å². The van der Waals surface area contributed by atoms with Crippen LogP contribution in [0.3, 0.4) is 0 Å². The summed E-state index contributed by atoms with van der Waals surface area (Å²) in [4.78, 5) is 14.6. The molecule has 0 aliphatic carbocycles. The minimum atomic E-state index is 0.0440. The molecule has 5 heteroatoms. The van der Waals surface area contributed by atoms with Gasteiger partial charge in [-0.15, -0.1) is 0 Å². The van der Waals surface area contributed by atoms with Crippen molar-refractivity contribution < 1.29 is 4.79 Å². The second-order valence-corrected chi connectivity index (χ2v) is 6.52. The summed E-state index contributed by atoms with van der Waals surface area (Å²) in [6.07, 6.45) is 2.47. The van der Waals surface area contributed by atoms with Crippen LogP contribution in [-0.4, -0.2) is 43.0 Å². The summed E-state index contributed by atoms with van der Waals surface area (Å²) in [5.74, 6) is 0.753. The van der Waals surface area contributed by atoms with E-state index in [4.69, 9.17) is 11.6 Å². The number of nitrogens with zero attached hydrogens (tertiary/aromatic N) is 1. The molecule has 1 aromatic carbocycles. The topological polar surface area (TPSA) is 44.4 Å². The molecule has 0 saturated carbocycles. The van der Waals surface area contributed by atoms with E-state index in [1.165, 1.54) is 12.8 Å². The third-order valence-corrected chi connectivity index (χ3v) is 5.00. The Hall–Kier alpha value is -1.10. The number of aryl methyl sites for hydroxylation is 1. The van der Waals surface area contributed by atoms with Crippen LogP contribution in [0.15, 0.2) is 18.2 Å². The van der Waals surface area contributed by atoms with Crippen molar-refractivity contribution in [1.82, 2.24) is 10.2 Å². The van der Waals surface area contributed by atoms with E-state index >= 15 is 0 Å². The Morgan fingerprint density at radius 2 is 2.33 bits per heavy atom. The maximum atomic E-state index is 12.2. The van der Waals surface area contributed by atoms with Crippen LogP contribution in [0.25, 0.3) is 0 Å². The number of halogens is 1. The van der Waals surface area contributed by atoms with Crippen molar-refractivity contribution in [2.45, 2.75) is 25.8 Å². The molecule has 2 fully saturated rings.